The van der Waals surface area contributed by atoms with Gasteiger partial charge in [0.1, 0.15) is 0 Å². The molecule has 0 unspecified atom stereocenters. The first kappa shape index (κ1) is 21.6. The van der Waals surface area contributed by atoms with E-state index < -0.39 is 28.2 Å². The van der Waals surface area contributed by atoms with Crippen LogP contribution in [0.25, 0.3) is 0 Å². The minimum Gasteiger partial charge on any atom is -0.399 e. The lowest BCUT2D eigenvalue weighted by Crippen LogP contribution is -2.41. The smallest absolute Gasteiger partial charge is 0.399 e. The van der Waals surface area contributed by atoms with Gasteiger partial charge in [0, 0.05) is 30.9 Å². The van der Waals surface area contributed by atoms with Crippen LogP contribution in [0.15, 0.2) is 17.6 Å². The van der Waals surface area contributed by atoms with E-state index >= 15 is 0 Å². The van der Waals surface area contributed by atoms with Gasteiger partial charge in [-0.25, -0.2) is 18.4 Å². The molecule has 1 aromatic rings. The van der Waals surface area contributed by atoms with Crippen LogP contribution < -0.4 is 5.46 Å². The first-order valence-electron chi connectivity index (χ1n) is 9.78. The molecular formula is C18H30BN3O5S. The Bertz CT molecular complexity index is 767. The summed E-state index contributed by atoms with van der Waals surface area (Å²) in [7, 11) is -4.20. The van der Waals surface area contributed by atoms with Crippen LogP contribution in [0.3, 0.4) is 0 Å². The number of nitrogens with zero attached hydrogens (tertiary/aromatic N) is 3. The van der Waals surface area contributed by atoms with Gasteiger partial charge in [-0.3, -0.25) is 0 Å². The zero-order chi connectivity index (χ0) is 20.6. The predicted octanol–water partition coefficient (Wildman–Crippen LogP) is 0.254. The summed E-state index contributed by atoms with van der Waals surface area (Å²) in [6.07, 6.45) is 4.73. The van der Waals surface area contributed by atoms with Gasteiger partial charge >= 0.3 is 7.12 Å². The van der Waals surface area contributed by atoms with Crippen LogP contribution in [-0.4, -0.2) is 78.7 Å². The number of β-amino-alcohol motifs (C(OH)–C–C–N with tert-alkyl or cyclic N) is 1. The molecule has 0 aromatic carbocycles. The molecular weight excluding hydrogens is 381 g/mol. The van der Waals surface area contributed by atoms with Crippen molar-refractivity contribution < 1.29 is 22.8 Å². The van der Waals surface area contributed by atoms with Crippen molar-refractivity contribution in [2.75, 3.05) is 32.0 Å². The lowest BCUT2D eigenvalue weighted by atomic mass is 9.81. The molecule has 156 valence electrons. The SMILES string of the molecule is CC1(C)OB(c2cnc(S(=O)(=O)C[C@H]3CCCN(CCO)C3)nc2)OC1(C)C. The van der Waals surface area contributed by atoms with Gasteiger partial charge in [-0.2, -0.15) is 0 Å². The van der Waals surface area contributed by atoms with E-state index in [0.717, 1.165) is 19.4 Å². The van der Waals surface area contributed by atoms with E-state index in [1.165, 1.54) is 12.4 Å². The maximum Gasteiger partial charge on any atom is 0.498 e. The molecule has 2 aliphatic heterocycles. The summed E-state index contributed by atoms with van der Waals surface area (Å²) in [6.45, 7) is 10.1. The maximum absolute atomic E-state index is 12.7. The molecule has 0 aliphatic carbocycles. The number of hydrogen-bond acceptors (Lipinski definition) is 8. The second-order valence-electron chi connectivity index (χ2n) is 8.70. The van der Waals surface area contributed by atoms with Gasteiger partial charge in [-0.15, -0.1) is 0 Å². The van der Waals surface area contributed by atoms with Crippen LogP contribution in [-0.2, 0) is 19.1 Å². The van der Waals surface area contributed by atoms with Crippen molar-refractivity contribution in [2.24, 2.45) is 5.92 Å². The molecule has 0 spiro atoms. The minimum absolute atomic E-state index is 0.0186. The van der Waals surface area contributed by atoms with Gasteiger partial charge in [0.05, 0.1) is 23.6 Å². The second-order valence-corrected chi connectivity index (χ2v) is 10.6. The third kappa shape index (κ3) is 4.57. The molecule has 2 aliphatic rings. The van der Waals surface area contributed by atoms with E-state index in [2.05, 4.69) is 14.9 Å². The molecule has 1 atom stereocenters. The van der Waals surface area contributed by atoms with Crippen molar-refractivity contribution in [3.8, 4) is 0 Å². The summed E-state index contributed by atoms with van der Waals surface area (Å²) >= 11 is 0. The van der Waals surface area contributed by atoms with E-state index in [-0.39, 0.29) is 23.4 Å². The van der Waals surface area contributed by atoms with Crippen LogP contribution in [0.5, 0.6) is 0 Å². The van der Waals surface area contributed by atoms with Crippen molar-refractivity contribution in [3.63, 3.8) is 0 Å². The summed E-state index contributed by atoms with van der Waals surface area (Å²) in [4.78, 5) is 10.3. The fourth-order valence-corrected chi connectivity index (χ4v) is 5.07. The van der Waals surface area contributed by atoms with Gasteiger partial charge < -0.3 is 19.3 Å². The van der Waals surface area contributed by atoms with E-state index in [1.54, 1.807) is 0 Å². The molecule has 28 heavy (non-hydrogen) atoms. The van der Waals surface area contributed by atoms with Crippen molar-refractivity contribution in [3.05, 3.63) is 12.4 Å². The fraction of sp³-hybridized carbons (Fsp3) is 0.778. The van der Waals surface area contributed by atoms with E-state index in [9.17, 15) is 8.42 Å². The lowest BCUT2D eigenvalue weighted by molar-refractivity contribution is 0.00578. The molecule has 1 N–H and O–H groups in total. The molecule has 0 saturated carbocycles. The molecule has 2 saturated heterocycles. The molecule has 0 bridgehead atoms. The molecule has 8 nitrogen and oxygen atoms in total. The number of aromatic nitrogens is 2. The highest BCUT2D eigenvalue weighted by Crippen LogP contribution is 2.36. The van der Waals surface area contributed by atoms with Crippen molar-refractivity contribution in [2.45, 2.75) is 56.9 Å². The summed E-state index contributed by atoms with van der Waals surface area (Å²) in [6, 6.07) is 0. The first-order valence-corrected chi connectivity index (χ1v) is 11.4. The van der Waals surface area contributed by atoms with E-state index in [1.807, 2.05) is 27.7 Å². The zero-order valence-corrected chi connectivity index (χ0v) is 17.9. The topological polar surface area (TPSA) is 102 Å². The van der Waals surface area contributed by atoms with Crippen molar-refractivity contribution >= 4 is 22.4 Å². The maximum atomic E-state index is 12.7. The number of hydrogen-bond donors (Lipinski definition) is 1. The summed E-state index contributed by atoms with van der Waals surface area (Å²) in [5.41, 5.74) is -0.363. The Morgan fingerprint density at radius 1 is 1.21 bits per heavy atom. The quantitative estimate of drug-likeness (QED) is 0.525. The third-order valence-electron chi connectivity index (χ3n) is 5.93. The number of sulfone groups is 1. The molecule has 2 fully saturated rings. The number of piperidine rings is 1. The van der Waals surface area contributed by atoms with Crippen molar-refractivity contribution in [1.82, 2.24) is 14.9 Å². The largest absolute Gasteiger partial charge is 0.498 e. The second kappa shape index (κ2) is 7.99. The van der Waals surface area contributed by atoms with Gasteiger partial charge in [0.2, 0.25) is 15.0 Å². The predicted molar refractivity (Wildman–Crippen MR) is 106 cm³/mol. The van der Waals surface area contributed by atoms with Crippen molar-refractivity contribution in [1.29, 1.82) is 0 Å². The number of likely N-dealkylation sites (tertiary alicyclic amines) is 1. The van der Waals surface area contributed by atoms with Gasteiger partial charge in [-0.1, -0.05) is 0 Å². The zero-order valence-electron chi connectivity index (χ0n) is 17.1. The molecule has 0 radical (unpaired) electrons. The Labute approximate surface area is 167 Å². The fourth-order valence-electron chi connectivity index (χ4n) is 3.60. The summed E-state index contributed by atoms with van der Waals surface area (Å²) < 4.78 is 37.4. The van der Waals surface area contributed by atoms with Crippen LogP contribution in [0.1, 0.15) is 40.5 Å². The highest BCUT2D eigenvalue weighted by atomic mass is 32.2. The Hall–Kier alpha value is -1.07. The molecule has 3 rings (SSSR count). The van der Waals surface area contributed by atoms with Crippen LogP contribution in [0.2, 0.25) is 0 Å². The highest BCUT2D eigenvalue weighted by Gasteiger charge is 2.52. The monoisotopic (exact) mass is 411 g/mol. The minimum atomic E-state index is -3.58. The summed E-state index contributed by atoms with van der Waals surface area (Å²) in [5.74, 6) is 0.0433. The highest BCUT2D eigenvalue weighted by molar-refractivity contribution is 7.91. The van der Waals surface area contributed by atoms with Crippen LogP contribution in [0.4, 0.5) is 0 Å². The Morgan fingerprint density at radius 3 is 2.39 bits per heavy atom. The van der Waals surface area contributed by atoms with E-state index in [4.69, 9.17) is 14.4 Å². The molecule has 10 heteroatoms. The lowest BCUT2D eigenvalue weighted by Gasteiger charge is -2.32. The Morgan fingerprint density at radius 2 is 1.82 bits per heavy atom. The van der Waals surface area contributed by atoms with Gasteiger partial charge in [0.25, 0.3) is 0 Å². The van der Waals surface area contributed by atoms with Gasteiger partial charge in [-0.05, 0) is 53.0 Å². The molecule has 3 heterocycles. The first-order chi connectivity index (χ1) is 13.0. The number of rotatable bonds is 6. The normalized spacial score (nSPS) is 25.2. The third-order valence-corrected chi connectivity index (χ3v) is 7.60. The van der Waals surface area contributed by atoms with Crippen LogP contribution >= 0.6 is 0 Å². The average molecular weight is 411 g/mol. The summed E-state index contributed by atoms with van der Waals surface area (Å²) in [5, 5.41) is 8.94. The Balaban J connectivity index is 1.67. The standard InChI is InChI=1S/C18H30BN3O5S/c1-17(2)18(3,4)27-19(26-17)15-10-20-16(21-11-15)28(24,25)13-14-6-5-7-22(12-14)8-9-23/h10-11,14,23H,5-9,12-13H2,1-4H3/t14-/m0/s1. The molecule has 0 amide bonds. The van der Waals surface area contributed by atoms with Crippen LogP contribution in [0, 0.1) is 5.92 Å². The Kier molecular flexibility index (Phi) is 6.17. The molecule has 1 aromatic heterocycles. The number of aliphatic hydroxyl groups is 1. The average Bonchev–Trinajstić information content (AvgIpc) is 2.83. The van der Waals surface area contributed by atoms with E-state index in [0.29, 0.717) is 18.6 Å². The number of aliphatic hydroxyl groups excluding tert-OH is 1. The van der Waals surface area contributed by atoms with Gasteiger partial charge in [0.15, 0.2) is 0 Å².